The fraction of sp³-hybridized carbons (Fsp3) is 0.267. The van der Waals surface area contributed by atoms with Gasteiger partial charge in [0, 0.05) is 10.8 Å². The predicted octanol–water partition coefficient (Wildman–Crippen LogP) is 2.11. The van der Waals surface area contributed by atoms with E-state index in [4.69, 9.17) is 10.5 Å². The molecule has 7 nitrogen and oxygen atoms in total. The third-order valence-electron chi connectivity index (χ3n) is 2.86. The number of hydrogen-bond donors (Lipinski definition) is 3. The van der Waals surface area contributed by atoms with E-state index in [2.05, 4.69) is 15.3 Å². The van der Waals surface area contributed by atoms with Gasteiger partial charge in [-0.1, -0.05) is 25.6 Å². The van der Waals surface area contributed by atoms with E-state index < -0.39 is 11.5 Å². The molecule has 0 atom stereocenters. The van der Waals surface area contributed by atoms with Gasteiger partial charge in [0.15, 0.2) is 11.0 Å². The number of carbonyl (C=O) groups excluding carboxylic acids is 1. The number of anilines is 2. The minimum Gasteiger partial charge on any atom is -0.497 e. The number of nitrogen functional groups attached to an aromatic ring is 1. The number of benzene rings is 1. The zero-order chi connectivity index (χ0) is 17.0. The minimum atomic E-state index is -0.484. The lowest BCUT2D eigenvalue weighted by molar-refractivity contribution is 0.102. The van der Waals surface area contributed by atoms with Crippen LogP contribution >= 0.6 is 11.8 Å². The highest BCUT2D eigenvalue weighted by Crippen LogP contribution is 2.21. The highest BCUT2D eigenvalue weighted by molar-refractivity contribution is 7.99. The monoisotopic (exact) mass is 334 g/mol. The van der Waals surface area contributed by atoms with Crippen LogP contribution in [0.2, 0.25) is 0 Å². The van der Waals surface area contributed by atoms with Gasteiger partial charge in [-0.25, -0.2) is 4.98 Å². The zero-order valence-electron chi connectivity index (χ0n) is 13.0. The molecule has 1 aromatic carbocycles. The summed E-state index contributed by atoms with van der Waals surface area (Å²) in [6.07, 6.45) is 0. The lowest BCUT2D eigenvalue weighted by atomic mass is 10.2. The minimum absolute atomic E-state index is 0.0150. The van der Waals surface area contributed by atoms with Crippen molar-refractivity contribution in [3.05, 3.63) is 40.2 Å². The highest BCUT2D eigenvalue weighted by atomic mass is 32.2. The maximum absolute atomic E-state index is 12.2. The summed E-state index contributed by atoms with van der Waals surface area (Å²) in [7, 11) is 1.54. The first-order chi connectivity index (χ1) is 10.9. The molecule has 1 aromatic heterocycles. The SMILES string of the molecule is COc1ccc(C(=O)Nc2c(N)nc(SC(C)C)[nH]c2=O)cc1. The maximum atomic E-state index is 12.2. The zero-order valence-corrected chi connectivity index (χ0v) is 13.9. The molecule has 0 aliphatic rings. The average molecular weight is 334 g/mol. The van der Waals surface area contributed by atoms with Gasteiger partial charge < -0.3 is 15.8 Å². The third-order valence-corrected chi connectivity index (χ3v) is 3.75. The number of thioether (sulfide) groups is 1. The van der Waals surface area contributed by atoms with Gasteiger partial charge in [-0.15, -0.1) is 0 Å². The summed E-state index contributed by atoms with van der Waals surface area (Å²) < 4.78 is 5.03. The van der Waals surface area contributed by atoms with Crippen molar-refractivity contribution in [3.8, 4) is 5.75 Å². The summed E-state index contributed by atoms with van der Waals surface area (Å²) in [5.74, 6) is 0.172. The van der Waals surface area contributed by atoms with Crippen LogP contribution in [0.5, 0.6) is 5.75 Å². The quantitative estimate of drug-likeness (QED) is 0.570. The van der Waals surface area contributed by atoms with E-state index in [0.717, 1.165) is 0 Å². The van der Waals surface area contributed by atoms with Crippen LogP contribution in [-0.4, -0.2) is 28.2 Å². The van der Waals surface area contributed by atoms with Gasteiger partial charge in [0.2, 0.25) is 0 Å². The number of carbonyl (C=O) groups is 1. The Morgan fingerprint density at radius 3 is 2.52 bits per heavy atom. The van der Waals surface area contributed by atoms with Gasteiger partial charge in [0.05, 0.1) is 7.11 Å². The second kappa shape index (κ2) is 7.19. The van der Waals surface area contributed by atoms with Crippen LogP contribution in [0.25, 0.3) is 0 Å². The van der Waals surface area contributed by atoms with Crippen molar-refractivity contribution in [2.24, 2.45) is 0 Å². The molecule has 4 N–H and O–H groups in total. The van der Waals surface area contributed by atoms with Crippen LogP contribution in [0.15, 0.2) is 34.2 Å². The van der Waals surface area contributed by atoms with Gasteiger partial charge >= 0.3 is 0 Å². The molecular weight excluding hydrogens is 316 g/mol. The van der Waals surface area contributed by atoms with E-state index in [1.165, 1.54) is 18.9 Å². The van der Waals surface area contributed by atoms with Crippen LogP contribution in [0, 0.1) is 0 Å². The van der Waals surface area contributed by atoms with Crippen molar-refractivity contribution in [3.63, 3.8) is 0 Å². The summed E-state index contributed by atoms with van der Waals surface area (Å²) in [6.45, 7) is 3.94. The first kappa shape index (κ1) is 16.9. The highest BCUT2D eigenvalue weighted by Gasteiger charge is 2.14. The Labute approximate surface area is 137 Å². The second-order valence-corrected chi connectivity index (χ2v) is 6.55. The molecule has 8 heteroatoms. The van der Waals surface area contributed by atoms with E-state index in [1.54, 1.807) is 24.3 Å². The van der Waals surface area contributed by atoms with Gasteiger partial charge in [-0.05, 0) is 24.3 Å². The van der Waals surface area contributed by atoms with Crippen molar-refractivity contribution in [1.29, 1.82) is 0 Å². The van der Waals surface area contributed by atoms with Crippen molar-refractivity contribution in [2.45, 2.75) is 24.3 Å². The average Bonchev–Trinajstić information content (AvgIpc) is 2.50. The Bertz CT molecular complexity index is 756. The lowest BCUT2D eigenvalue weighted by Gasteiger charge is -2.09. The standard InChI is InChI=1S/C15H18N4O3S/c1-8(2)23-15-18-12(16)11(14(21)19-15)17-13(20)9-4-6-10(22-3)7-5-9/h4-8H,1-3H3,(H,17,20)(H3,16,18,19,21). The molecule has 0 radical (unpaired) electrons. The predicted molar refractivity (Wildman–Crippen MR) is 91.2 cm³/mol. The summed E-state index contributed by atoms with van der Waals surface area (Å²) in [4.78, 5) is 31.0. The molecule has 0 bridgehead atoms. The lowest BCUT2D eigenvalue weighted by Crippen LogP contribution is -2.23. The molecule has 2 aromatic rings. The number of methoxy groups -OCH3 is 1. The number of rotatable bonds is 5. The number of nitrogens with two attached hydrogens (primary N) is 1. The Morgan fingerprint density at radius 1 is 1.35 bits per heavy atom. The Hall–Kier alpha value is -2.48. The van der Waals surface area contributed by atoms with Crippen molar-refractivity contribution in [2.75, 3.05) is 18.2 Å². The van der Waals surface area contributed by atoms with E-state index in [-0.39, 0.29) is 16.8 Å². The maximum Gasteiger partial charge on any atom is 0.277 e. The first-order valence-corrected chi connectivity index (χ1v) is 7.80. The van der Waals surface area contributed by atoms with Crippen LogP contribution in [0.4, 0.5) is 11.5 Å². The Balaban J connectivity index is 2.21. The molecular formula is C15H18N4O3S. The molecule has 0 saturated heterocycles. The van der Waals surface area contributed by atoms with E-state index in [9.17, 15) is 9.59 Å². The smallest absolute Gasteiger partial charge is 0.277 e. The Morgan fingerprint density at radius 2 is 2.00 bits per heavy atom. The largest absolute Gasteiger partial charge is 0.497 e. The van der Waals surface area contributed by atoms with E-state index >= 15 is 0 Å². The molecule has 1 amide bonds. The summed E-state index contributed by atoms with van der Waals surface area (Å²) >= 11 is 1.38. The van der Waals surface area contributed by atoms with Gasteiger partial charge in [0.1, 0.15) is 11.4 Å². The van der Waals surface area contributed by atoms with Crippen LogP contribution in [0.1, 0.15) is 24.2 Å². The van der Waals surface area contributed by atoms with E-state index in [0.29, 0.717) is 16.5 Å². The number of aromatic amines is 1. The number of hydrogen-bond acceptors (Lipinski definition) is 6. The number of aromatic nitrogens is 2. The van der Waals surface area contributed by atoms with Crippen LogP contribution in [-0.2, 0) is 0 Å². The first-order valence-electron chi connectivity index (χ1n) is 6.92. The second-order valence-electron chi connectivity index (χ2n) is 4.98. The number of H-pyrrole nitrogens is 1. The topological polar surface area (TPSA) is 110 Å². The molecule has 1 heterocycles. The van der Waals surface area contributed by atoms with Crippen molar-refractivity contribution < 1.29 is 9.53 Å². The number of nitrogens with one attached hydrogen (secondary N) is 2. The molecule has 122 valence electrons. The Kier molecular flexibility index (Phi) is 5.28. The summed E-state index contributed by atoms with van der Waals surface area (Å²) in [6, 6.07) is 6.50. The van der Waals surface area contributed by atoms with Crippen molar-refractivity contribution >= 4 is 29.2 Å². The molecule has 2 rings (SSSR count). The van der Waals surface area contributed by atoms with Crippen LogP contribution < -0.4 is 21.3 Å². The summed E-state index contributed by atoms with van der Waals surface area (Å²) in [5.41, 5.74) is 5.63. The number of ether oxygens (including phenoxy) is 1. The van der Waals surface area contributed by atoms with Crippen molar-refractivity contribution in [1.82, 2.24) is 9.97 Å². The molecule has 0 spiro atoms. The molecule has 0 aliphatic carbocycles. The molecule has 0 aliphatic heterocycles. The number of amides is 1. The fourth-order valence-electron chi connectivity index (χ4n) is 1.80. The summed E-state index contributed by atoms with van der Waals surface area (Å²) in [5, 5.41) is 3.16. The van der Waals surface area contributed by atoms with Gasteiger partial charge in [0.25, 0.3) is 11.5 Å². The van der Waals surface area contributed by atoms with Gasteiger partial charge in [-0.2, -0.15) is 0 Å². The molecule has 0 unspecified atom stereocenters. The third kappa shape index (κ3) is 4.26. The number of nitrogens with zero attached hydrogens (tertiary/aromatic N) is 1. The van der Waals surface area contributed by atoms with Gasteiger partial charge in [-0.3, -0.25) is 14.6 Å². The molecule has 0 saturated carbocycles. The fourth-order valence-corrected chi connectivity index (χ4v) is 2.55. The van der Waals surface area contributed by atoms with Crippen LogP contribution in [0.3, 0.4) is 0 Å². The van der Waals surface area contributed by atoms with E-state index in [1.807, 2.05) is 13.8 Å². The normalized spacial score (nSPS) is 10.6. The molecule has 0 fully saturated rings. The molecule has 23 heavy (non-hydrogen) atoms.